The fourth-order valence-corrected chi connectivity index (χ4v) is 2.31. The molecule has 2 rings (SSSR count). The van der Waals surface area contributed by atoms with Crippen molar-refractivity contribution >= 4 is 23.4 Å². The second kappa shape index (κ2) is 9.33. The Morgan fingerprint density at radius 2 is 1.74 bits per heavy atom. The number of hydrogen-bond acceptors (Lipinski definition) is 5. The summed E-state index contributed by atoms with van der Waals surface area (Å²) in [5.74, 6) is -0.407. The molecule has 0 aliphatic rings. The van der Waals surface area contributed by atoms with Crippen LogP contribution in [0.2, 0.25) is 0 Å². The average molecular weight is 371 g/mol. The third kappa shape index (κ3) is 5.81. The van der Waals surface area contributed by atoms with Crippen LogP contribution in [0.4, 0.5) is 16.2 Å². The number of nitrogens with zero attached hydrogens (tertiary/aromatic N) is 2. The van der Waals surface area contributed by atoms with E-state index in [1.165, 1.54) is 17.0 Å². The molecule has 0 aliphatic carbocycles. The Hall–Kier alpha value is -3.42. The van der Waals surface area contributed by atoms with E-state index in [1.54, 1.807) is 50.4 Å². The molecule has 0 saturated carbocycles. The van der Waals surface area contributed by atoms with Gasteiger partial charge in [-0.3, -0.25) is 10.1 Å². The number of nitrogens with one attached hydrogen (secondary N) is 1. The average Bonchev–Trinajstić information content (AvgIpc) is 2.67. The van der Waals surface area contributed by atoms with Gasteiger partial charge in [-0.2, -0.15) is 0 Å². The van der Waals surface area contributed by atoms with E-state index in [4.69, 9.17) is 4.74 Å². The first-order chi connectivity index (χ1) is 12.9. The molecule has 2 amide bonds. The Bertz CT molecular complexity index is 803. The molecule has 1 N–H and O–H groups in total. The molecule has 2 aromatic carbocycles. The van der Waals surface area contributed by atoms with Crippen molar-refractivity contribution in [3.05, 3.63) is 69.8 Å². The lowest BCUT2D eigenvalue weighted by Crippen LogP contribution is -2.33. The summed E-state index contributed by atoms with van der Waals surface area (Å²) in [4.78, 5) is 35.6. The number of rotatable bonds is 7. The van der Waals surface area contributed by atoms with Gasteiger partial charge in [0, 0.05) is 31.4 Å². The van der Waals surface area contributed by atoms with Crippen molar-refractivity contribution in [2.45, 2.75) is 13.3 Å². The Labute approximate surface area is 156 Å². The van der Waals surface area contributed by atoms with Gasteiger partial charge in [-0.05, 0) is 43.2 Å². The molecule has 0 atom stereocenters. The third-order valence-corrected chi connectivity index (χ3v) is 3.88. The van der Waals surface area contributed by atoms with Crippen LogP contribution >= 0.6 is 0 Å². The van der Waals surface area contributed by atoms with Crippen LogP contribution in [-0.2, 0) is 11.2 Å². The zero-order valence-electron chi connectivity index (χ0n) is 15.2. The molecule has 8 heteroatoms. The van der Waals surface area contributed by atoms with E-state index < -0.39 is 10.9 Å². The number of likely N-dealkylation sites (N-methyl/N-ethyl adjacent to an activating group) is 1. The maximum Gasteiger partial charge on any atom is 0.338 e. The van der Waals surface area contributed by atoms with E-state index in [2.05, 4.69) is 5.32 Å². The predicted octanol–water partition coefficient (Wildman–Crippen LogP) is 3.48. The van der Waals surface area contributed by atoms with Crippen LogP contribution in [-0.4, -0.2) is 42.0 Å². The van der Waals surface area contributed by atoms with Crippen LogP contribution in [0, 0.1) is 10.1 Å². The van der Waals surface area contributed by atoms with Crippen LogP contribution < -0.4 is 5.32 Å². The number of non-ortho nitro benzene ring substituents is 1. The minimum Gasteiger partial charge on any atom is -0.462 e. The maximum absolute atomic E-state index is 12.2. The SMILES string of the molecule is CCOC(=O)c1ccc(NC(=O)N(C)CCc2ccc([N+](=O)[O-])cc2)cc1. The molecule has 0 aliphatic heterocycles. The number of benzene rings is 2. The van der Waals surface area contributed by atoms with Crippen LogP contribution in [0.3, 0.4) is 0 Å². The largest absolute Gasteiger partial charge is 0.462 e. The molecule has 142 valence electrons. The standard InChI is InChI=1S/C19H21N3O5/c1-3-27-18(23)15-6-8-16(9-7-15)20-19(24)21(2)13-12-14-4-10-17(11-5-14)22(25)26/h4-11H,3,12-13H2,1-2H3,(H,20,24). The van der Waals surface area contributed by atoms with E-state index in [0.717, 1.165) is 5.56 Å². The van der Waals surface area contributed by atoms with E-state index >= 15 is 0 Å². The van der Waals surface area contributed by atoms with Crippen molar-refractivity contribution in [1.82, 2.24) is 4.90 Å². The summed E-state index contributed by atoms with van der Waals surface area (Å²) in [5, 5.41) is 13.4. The van der Waals surface area contributed by atoms with Crippen molar-refractivity contribution in [2.75, 3.05) is 25.5 Å². The Kier molecular flexibility index (Phi) is 6.87. The Balaban J connectivity index is 1.86. The van der Waals surface area contributed by atoms with Crippen molar-refractivity contribution < 1.29 is 19.2 Å². The number of urea groups is 1. The fraction of sp³-hybridized carbons (Fsp3) is 0.263. The van der Waals surface area contributed by atoms with Crippen molar-refractivity contribution in [3.63, 3.8) is 0 Å². The van der Waals surface area contributed by atoms with Crippen molar-refractivity contribution in [2.24, 2.45) is 0 Å². The molecular weight excluding hydrogens is 350 g/mol. The molecule has 0 bridgehead atoms. The number of carbonyl (C=O) groups is 2. The number of esters is 1. The normalized spacial score (nSPS) is 10.1. The summed E-state index contributed by atoms with van der Waals surface area (Å²) in [7, 11) is 1.66. The van der Waals surface area contributed by atoms with Crippen molar-refractivity contribution in [1.29, 1.82) is 0 Å². The highest BCUT2D eigenvalue weighted by molar-refractivity contribution is 5.92. The number of ether oxygens (including phenoxy) is 1. The molecule has 0 unspecified atom stereocenters. The zero-order valence-corrected chi connectivity index (χ0v) is 15.2. The van der Waals surface area contributed by atoms with Crippen LogP contribution in [0.25, 0.3) is 0 Å². The molecule has 8 nitrogen and oxygen atoms in total. The monoisotopic (exact) mass is 371 g/mol. The summed E-state index contributed by atoms with van der Waals surface area (Å²) in [6.45, 7) is 2.49. The lowest BCUT2D eigenvalue weighted by Gasteiger charge is -2.18. The predicted molar refractivity (Wildman–Crippen MR) is 101 cm³/mol. The molecule has 2 aromatic rings. The quantitative estimate of drug-likeness (QED) is 0.456. The van der Waals surface area contributed by atoms with Gasteiger partial charge in [0.2, 0.25) is 0 Å². The summed E-state index contributed by atoms with van der Waals surface area (Å²) < 4.78 is 4.91. The molecular formula is C19H21N3O5. The summed E-state index contributed by atoms with van der Waals surface area (Å²) in [6.07, 6.45) is 0.573. The molecule has 0 aromatic heterocycles. The molecule has 27 heavy (non-hydrogen) atoms. The number of nitro groups is 1. The number of carbonyl (C=O) groups excluding carboxylic acids is 2. The first-order valence-electron chi connectivity index (χ1n) is 8.43. The summed E-state index contributed by atoms with van der Waals surface area (Å²) in [5.41, 5.74) is 1.92. The van der Waals surface area contributed by atoms with Gasteiger partial charge in [0.25, 0.3) is 5.69 Å². The number of anilines is 1. The van der Waals surface area contributed by atoms with Crippen LogP contribution in [0.5, 0.6) is 0 Å². The Morgan fingerprint density at radius 1 is 1.11 bits per heavy atom. The number of amides is 2. The molecule has 0 saturated heterocycles. The zero-order chi connectivity index (χ0) is 19.8. The molecule has 0 radical (unpaired) electrons. The molecule has 0 fully saturated rings. The second-order valence-corrected chi connectivity index (χ2v) is 5.82. The topological polar surface area (TPSA) is 102 Å². The molecule has 0 spiro atoms. The summed E-state index contributed by atoms with van der Waals surface area (Å²) >= 11 is 0. The molecule has 0 heterocycles. The van der Waals surface area contributed by atoms with Crippen molar-refractivity contribution in [3.8, 4) is 0 Å². The number of nitro benzene ring substituents is 1. The first-order valence-corrected chi connectivity index (χ1v) is 8.43. The van der Waals surface area contributed by atoms with Gasteiger partial charge in [0.15, 0.2) is 0 Å². The van der Waals surface area contributed by atoms with Crippen LogP contribution in [0.15, 0.2) is 48.5 Å². The maximum atomic E-state index is 12.2. The van der Waals surface area contributed by atoms with E-state index in [9.17, 15) is 19.7 Å². The van der Waals surface area contributed by atoms with Gasteiger partial charge in [-0.15, -0.1) is 0 Å². The first kappa shape index (κ1) is 19.9. The minimum absolute atomic E-state index is 0.0381. The second-order valence-electron chi connectivity index (χ2n) is 5.82. The van der Waals surface area contributed by atoms with Gasteiger partial charge in [-0.1, -0.05) is 12.1 Å². The lowest BCUT2D eigenvalue weighted by molar-refractivity contribution is -0.384. The van der Waals surface area contributed by atoms with Gasteiger partial charge in [0.1, 0.15) is 0 Å². The van der Waals surface area contributed by atoms with E-state index in [1.807, 2.05) is 0 Å². The van der Waals surface area contributed by atoms with Gasteiger partial charge >= 0.3 is 12.0 Å². The smallest absolute Gasteiger partial charge is 0.338 e. The fourth-order valence-electron chi connectivity index (χ4n) is 2.31. The lowest BCUT2D eigenvalue weighted by atomic mass is 10.1. The highest BCUT2D eigenvalue weighted by Gasteiger charge is 2.11. The van der Waals surface area contributed by atoms with Gasteiger partial charge < -0.3 is 15.0 Å². The summed E-state index contributed by atoms with van der Waals surface area (Å²) in [6, 6.07) is 12.4. The highest BCUT2D eigenvalue weighted by Crippen LogP contribution is 2.13. The number of hydrogen-bond donors (Lipinski definition) is 1. The third-order valence-electron chi connectivity index (χ3n) is 3.88. The van der Waals surface area contributed by atoms with Gasteiger partial charge in [0.05, 0.1) is 17.1 Å². The Morgan fingerprint density at radius 3 is 2.30 bits per heavy atom. The van der Waals surface area contributed by atoms with E-state index in [0.29, 0.717) is 30.8 Å². The highest BCUT2D eigenvalue weighted by atomic mass is 16.6. The van der Waals surface area contributed by atoms with E-state index in [-0.39, 0.29) is 11.7 Å². The van der Waals surface area contributed by atoms with Gasteiger partial charge in [-0.25, -0.2) is 9.59 Å². The minimum atomic E-state index is -0.448. The van der Waals surface area contributed by atoms with Crippen LogP contribution in [0.1, 0.15) is 22.8 Å².